The number of amides is 1. The number of aromatic nitrogens is 3. The number of carbonyl (C=O) groups excluding carboxylic acids is 1. The van der Waals surface area contributed by atoms with Crippen LogP contribution in [0.5, 0.6) is 5.75 Å². The van der Waals surface area contributed by atoms with Gasteiger partial charge in [0.05, 0.1) is 0 Å². The third-order valence-corrected chi connectivity index (χ3v) is 4.44. The largest absolute Gasteiger partial charge is 0.484 e. The molecule has 0 radical (unpaired) electrons. The number of hydrogen-bond donors (Lipinski definition) is 1. The van der Waals surface area contributed by atoms with Gasteiger partial charge in [-0.05, 0) is 60.6 Å². The van der Waals surface area contributed by atoms with E-state index in [1.54, 1.807) is 6.33 Å². The zero-order chi connectivity index (χ0) is 17.6. The molecule has 0 aliphatic carbocycles. The molecule has 3 rings (SSSR count). The first-order chi connectivity index (χ1) is 12.1. The van der Waals surface area contributed by atoms with Crippen LogP contribution in [0.2, 0.25) is 0 Å². The lowest BCUT2D eigenvalue weighted by atomic mass is 10.2. The molecule has 1 heterocycles. The zero-order valence-corrected chi connectivity index (χ0v) is 14.8. The van der Waals surface area contributed by atoms with Gasteiger partial charge in [-0.1, -0.05) is 12.1 Å². The van der Waals surface area contributed by atoms with Gasteiger partial charge in [-0.25, -0.2) is 0 Å². The minimum Gasteiger partial charge on any atom is -0.484 e. The minimum absolute atomic E-state index is 0.0289. The van der Waals surface area contributed by atoms with E-state index in [1.807, 2.05) is 67.1 Å². The summed E-state index contributed by atoms with van der Waals surface area (Å²) in [5, 5.41) is 11.5. The lowest BCUT2D eigenvalue weighted by Crippen LogP contribution is -2.20. The fourth-order valence-electron chi connectivity index (χ4n) is 2.13. The van der Waals surface area contributed by atoms with Crippen LogP contribution in [0.25, 0.3) is 0 Å². The summed E-state index contributed by atoms with van der Waals surface area (Å²) in [5.41, 5.74) is 1.81. The number of nitrogens with one attached hydrogen (secondary N) is 1. The normalized spacial score (nSPS) is 10.5. The number of rotatable bonds is 6. The van der Waals surface area contributed by atoms with E-state index in [0.29, 0.717) is 5.75 Å². The van der Waals surface area contributed by atoms with Gasteiger partial charge >= 0.3 is 0 Å². The Morgan fingerprint density at radius 2 is 2.04 bits per heavy atom. The van der Waals surface area contributed by atoms with Crippen molar-refractivity contribution in [1.29, 1.82) is 0 Å². The van der Waals surface area contributed by atoms with Gasteiger partial charge in [-0.15, -0.1) is 10.2 Å². The highest BCUT2D eigenvalue weighted by atomic mass is 32.2. The monoisotopic (exact) mass is 354 g/mol. The number of aryl methyl sites for hydroxylation is 2. The summed E-state index contributed by atoms with van der Waals surface area (Å²) in [7, 11) is 1.89. The minimum atomic E-state index is -0.199. The van der Waals surface area contributed by atoms with Gasteiger partial charge < -0.3 is 14.6 Å². The Balaban J connectivity index is 1.52. The maximum atomic E-state index is 12.0. The fourth-order valence-corrected chi connectivity index (χ4v) is 2.89. The lowest BCUT2D eigenvalue weighted by Gasteiger charge is -2.08. The molecule has 128 valence electrons. The number of benzene rings is 2. The summed E-state index contributed by atoms with van der Waals surface area (Å²) in [5.74, 6) is 0.487. The van der Waals surface area contributed by atoms with Crippen LogP contribution >= 0.6 is 11.8 Å². The molecule has 0 unspecified atom stereocenters. The van der Waals surface area contributed by atoms with Crippen LogP contribution in [0.3, 0.4) is 0 Å². The third-order valence-electron chi connectivity index (χ3n) is 3.38. The van der Waals surface area contributed by atoms with E-state index in [1.165, 1.54) is 11.8 Å². The number of carbonyl (C=O) groups is 1. The van der Waals surface area contributed by atoms with Crippen LogP contribution in [0.15, 0.2) is 64.9 Å². The Bertz CT molecular complexity index is 862. The SMILES string of the molecule is Cc1cccc(OCC(=O)Nc2ccc(Sc3nncn3C)cc2)c1. The van der Waals surface area contributed by atoms with Crippen LogP contribution in [0.4, 0.5) is 5.69 Å². The highest BCUT2D eigenvalue weighted by Gasteiger charge is 2.06. The molecular formula is C18H18N4O2S. The molecule has 0 fully saturated rings. The maximum Gasteiger partial charge on any atom is 0.262 e. The quantitative estimate of drug-likeness (QED) is 0.736. The smallest absolute Gasteiger partial charge is 0.262 e. The topological polar surface area (TPSA) is 69.0 Å². The molecule has 2 aromatic carbocycles. The van der Waals surface area contributed by atoms with Gasteiger partial charge in [0.15, 0.2) is 11.8 Å². The maximum absolute atomic E-state index is 12.0. The van der Waals surface area contributed by atoms with Gasteiger partial charge in [-0.2, -0.15) is 0 Å². The fraction of sp³-hybridized carbons (Fsp3) is 0.167. The van der Waals surface area contributed by atoms with E-state index in [0.717, 1.165) is 21.3 Å². The van der Waals surface area contributed by atoms with E-state index in [4.69, 9.17) is 4.74 Å². The molecule has 6 nitrogen and oxygen atoms in total. The molecule has 7 heteroatoms. The van der Waals surface area contributed by atoms with Gasteiger partial charge in [-0.3, -0.25) is 4.79 Å². The summed E-state index contributed by atoms with van der Waals surface area (Å²) in [6.07, 6.45) is 1.66. The van der Waals surface area contributed by atoms with E-state index in [-0.39, 0.29) is 12.5 Å². The predicted molar refractivity (Wildman–Crippen MR) is 96.9 cm³/mol. The summed E-state index contributed by atoms with van der Waals surface area (Å²) >= 11 is 1.51. The van der Waals surface area contributed by atoms with Crippen LogP contribution in [0, 0.1) is 6.92 Å². The summed E-state index contributed by atoms with van der Waals surface area (Å²) in [6, 6.07) is 15.2. The number of hydrogen-bond acceptors (Lipinski definition) is 5. The molecule has 0 atom stereocenters. The van der Waals surface area contributed by atoms with Gasteiger partial charge in [0.2, 0.25) is 0 Å². The Kier molecular flexibility index (Phi) is 5.35. The molecule has 1 aromatic heterocycles. The van der Waals surface area contributed by atoms with Crippen molar-refractivity contribution in [2.24, 2.45) is 7.05 Å². The number of nitrogens with zero attached hydrogens (tertiary/aromatic N) is 3. The molecule has 0 bridgehead atoms. The predicted octanol–water partition coefficient (Wildman–Crippen LogP) is 3.29. The molecule has 0 aliphatic rings. The molecule has 0 spiro atoms. The zero-order valence-electron chi connectivity index (χ0n) is 14.0. The van der Waals surface area contributed by atoms with E-state index in [9.17, 15) is 4.79 Å². The highest BCUT2D eigenvalue weighted by molar-refractivity contribution is 7.99. The molecular weight excluding hydrogens is 336 g/mol. The Labute approximate surface area is 150 Å². The molecule has 1 amide bonds. The summed E-state index contributed by atoms with van der Waals surface area (Å²) < 4.78 is 7.34. The van der Waals surface area contributed by atoms with Crippen molar-refractivity contribution < 1.29 is 9.53 Å². The van der Waals surface area contributed by atoms with Crippen molar-refractivity contribution >= 4 is 23.4 Å². The first kappa shape index (κ1) is 17.0. The Morgan fingerprint density at radius 1 is 1.24 bits per heavy atom. The molecule has 0 aliphatic heterocycles. The average Bonchev–Trinajstić information content (AvgIpc) is 3.00. The second-order valence-electron chi connectivity index (χ2n) is 5.50. The van der Waals surface area contributed by atoms with Crippen molar-refractivity contribution in [3.05, 3.63) is 60.4 Å². The van der Waals surface area contributed by atoms with Crippen molar-refractivity contribution in [3.8, 4) is 5.75 Å². The van der Waals surface area contributed by atoms with Crippen molar-refractivity contribution in [2.45, 2.75) is 17.0 Å². The molecule has 1 N–H and O–H groups in total. The van der Waals surface area contributed by atoms with Gasteiger partial charge in [0, 0.05) is 17.6 Å². The first-order valence-electron chi connectivity index (χ1n) is 7.71. The highest BCUT2D eigenvalue weighted by Crippen LogP contribution is 2.26. The van der Waals surface area contributed by atoms with E-state index < -0.39 is 0 Å². The van der Waals surface area contributed by atoms with Gasteiger partial charge in [0.25, 0.3) is 5.91 Å². The molecule has 0 saturated carbocycles. The Hall–Kier alpha value is -2.80. The number of ether oxygens (including phenoxy) is 1. The van der Waals surface area contributed by atoms with Crippen molar-refractivity contribution in [1.82, 2.24) is 14.8 Å². The lowest BCUT2D eigenvalue weighted by molar-refractivity contribution is -0.118. The summed E-state index contributed by atoms with van der Waals surface area (Å²) in [4.78, 5) is 13.0. The van der Waals surface area contributed by atoms with E-state index in [2.05, 4.69) is 15.5 Å². The standard InChI is InChI=1S/C18H18N4O2S/c1-13-4-3-5-15(10-13)24-11-17(23)20-14-6-8-16(9-7-14)25-18-21-19-12-22(18)2/h3-10,12H,11H2,1-2H3,(H,20,23). The second kappa shape index (κ2) is 7.85. The Morgan fingerprint density at radius 3 is 2.72 bits per heavy atom. The molecule has 25 heavy (non-hydrogen) atoms. The van der Waals surface area contributed by atoms with Crippen LogP contribution in [0.1, 0.15) is 5.56 Å². The van der Waals surface area contributed by atoms with E-state index >= 15 is 0 Å². The molecule has 3 aromatic rings. The van der Waals surface area contributed by atoms with Crippen LogP contribution in [-0.4, -0.2) is 27.3 Å². The number of anilines is 1. The van der Waals surface area contributed by atoms with Crippen molar-refractivity contribution in [3.63, 3.8) is 0 Å². The van der Waals surface area contributed by atoms with Gasteiger partial charge in [0.1, 0.15) is 12.1 Å². The van der Waals surface area contributed by atoms with Crippen molar-refractivity contribution in [2.75, 3.05) is 11.9 Å². The first-order valence-corrected chi connectivity index (χ1v) is 8.53. The summed E-state index contributed by atoms with van der Waals surface area (Å²) in [6.45, 7) is 1.95. The van der Waals surface area contributed by atoms with Crippen LogP contribution in [-0.2, 0) is 11.8 Å². The third kappa shape index (κ3) is 4.84. The molecule has 0 saturated heterocycles. The second-order valence-corrected chi connectivity index (χ2v) is 6.54. The average molecular weight is 354 g/mol. The van der Waals surface area contributed by atoms with Crippen LogP contribution < -0.4 is 10.1 Å².